The fourth-order valence-electron chi connectivity index (χ4n) is 2.19. The van der Waals surface area contributed by atoms with Crippen LogP contribution in [0.15, 0.2) is 24.4 Å². The van der Waals surface area contributed by atoms with E-state index < -0.39 is 0 Å². The van der Waals surface area contributed by atoms with Crippen LogP contribution in [0.1, 0.15) is 25.5 Å². The van der Waals surface area contributed by atoms with Crippen molar-refractivity contribution in [2.45, 2.75) is 32.2 Å². The summed E-state index contributed by atoms with van der Waals surface area (Å²) in [5.74, 6) is 0.722. The van der Waals surface area contributed by atoms with Gasteiger partial charge in [0.2, 0.25) is 0 Å². The molecular weight excluding hydrogens is 222 g/mol. The van der Waals surface area contributed by atoms with Crippen LogP contribution < -0.4 is 5.32 Å². The number of hydrogen-bond donors (Lipinski definition) is 1. The van der Waals surface area contributed by atoms with Crippen molar-refractivity contribution in [1.82, 2.24) is 15.2 Å². The SMILES string of the molecule is CC(CNC1CC1)CN(C)CCc1ccccn1. The first-order valence-electron chi connectivity index (χ1n) is 7.06. The highest BCUT2D eigenvalue weighted by atomic mass is 15.1. The van der Waals surface area contributed by atoms with E-state index in [0.717, 1.165) is 38.0 Å². The van der Waals surface area contributed by atoms with Gasteiger partial charge in [-0.1, -0.05) is 13.0 Å². The Labute approximate surface area is 111 Å². The van der Waals surface area contributed by atoms with E-state index in [9.17, 15) is 0 Å². The quantitative estimate of drug-likeness (QED) is 0.761. The molecule has 1 aromatic heterocycles. The van der Waals surface area contributed by atoms with Gasteiger partial charge in [0.15, 0.2) is 0 Å². The van der Waals surface area contributed by atoms with Gasteiger partial charge in [-0.2, -0.15) is 0 Å². The van der Waals surface area contributed by atoms with Crippen molar-refractivity contribution in [3.63, 3.8) is 0 Å². The zero-order valence-corrected chi connectivity index (χ0v) is 11.6. The smallest absolute Gasteiger partial charge is 0.0416 e. The van der Waals surface area contributed by atoms with Gasteiger partial charge in [-0.3, -0.25) is 4.98 Å². The molecular formula is C15H25N3. The molecule has 1 atom stereocenters. The summed E-state index contributed by atoms with van der Waals surface area (Å²) in [5.41, 5.74) is 1.19. The first-order valence-corrected chi connectivity index (χ1v) is 7.06. The van der Waals surface area contributed by atoms with Gasteiger partial charge in [0.1, 0.15) is 0 Å². The lowest BCUT2D eigenvalue weighted by molar-refractivity contribution is 0.283. The fourth-order valence-corrected chi connectivity index (χ4v) is 2.19. The molecule has 3 heteroatoms. The molecule has 0 saturated heterocycles. The lowest BCUT2D eigenvalue weighted by Crippen LogP contribution is -2.33. The molecule has 1 saturated carbocycles. The summed E-state index contributed by atoms with van der Waals surface area (Å²) < 4.78 is 0. The van der Waals surface area contributed by atoms with E-state index in [1.54, 1.807) is 0 Å². The molecule has 0 spiro atoms. The van der Waals surface area contributed by atoms with E-state index >= 15 is 0 Å². The number of nitrogens with zero attached hydrogens (tertiary/aromatic N) is 2. The summed E-state index contributed by atoms with van der Waals surface area (Å²) >= 11 is 0. The standard InChI is InChI=1S/C15H25N3/c1-13(11-17-15-6-7-15)12-18(2)10-8-14-5-3-4-9-16-14/h3-5,9,13,15,17H,6-8,10-12H2,1-2H3. The van der Waals surface area contributed by atoms with E-state index in [0.29, 0.717) is 0 Å². The van der Waals surface area contributed by atoms with Gasteiger partial charge in [0, 0.05) is 37.4 Å². The number of likely N-dealkylation sites (N-methyl/N-ethyl adjacent to an activating group) is 1. The zero-order chi connectivity index (χ0) is 12.8. The van der Waals surface area contributed by atoms with Crippen molar-refractivity contribution in [3.8, 4) is 0 Å². The minimum Gasteiger partial charge on any atom is -0.314 e. The predicted octanol–water partition coefficient (Wildman–Crippen LogP) is 1.94. The molecule has 0 aliphatic heterocycles. The topological polar surface area (TPSA) is 28.2 Å². The first kappa shape index (κ1) is 13.5. The minimum atomic E-state index is 0.722. The Morgan fingerprint density at radius 1 is 1.44 bits per heavy atom. The minimum absolute atomic E-state index is 0.722. The number of nitrogens with one attached hydrogen (secondary N) is 1. The maximum Gasteiger partial charge on any atom is 0.0416 e. The van der Waals surface area contributed by atoms with Crippen LogP contribution in [0.25, 0.3) is 0 Å². The highest BCUT2D eigenvalue weighted by molar-refractivity contribution is 5.03. The second-order valence-electron chi connectivity index (χ2n) is 5.62. The van der Waals surface area contributed by atoms with Crippen LogP contribution in [0.3, 0.4) is 0 Å². The van der Waals surface area contributed by atoms with Gasteiger partial charge in [0.05, 0.1) is 0 Å². The van der Waals surface area contributed by atoms with Crippen LogP contribution in [-0.2, 0) is 6.42 Å². The Morgan fingerprint density at radius 2 is 2.28 bits per heavy atom. The summed E-state index contributed by atoms with van der Waals surface area (Å²) in [7, 11) is 2.20. The molecule has 0 amide bonds. The van der Waals surface area contributed by atoms with Crippen LogP contribution in [0.4, 0.5) is 0 Å². The maximum atomic E-state index is 4.36. The maximum absolute atomic E-state index is 4.36. The van der Waals surface area contributed by atoms with Gasteiger partial charge < -0.3 is 10.2 Å². The number of aromatic nitrogens is 1. The normalized spacial score (nSPS) is 17.1. The Hall–Kier alpha value is -0.930. The molecule has 1 fully saturated rings. The van der Waals surface area contributed by atoms with Crippen molar-refractivity contribution >= 4 is 0 Å². The Kier molecular flexibility index (Phi) is 5.14. The van der Waals surface area contributed by atoms with Crippen LogP contribution in [0.2, 0.25) is 0 Å². The first-order chi connectivity index (χ1) is 8.74. The predicted molar refractivity (Wildman–Crippen MR) is 75.6 cm³/mol. The molecule has 1 aliphatic carbocycles. The molecule has 100 valence electrons. The molecule has 0 bridgehead atoms. The molecule has 1 aliphatic rings. The molecule has 1 heterocycles. The second-order valence-corrected chi connectivity index (χ2v) is 5.62. The van der Waals surface area contributed by atoms with Crippen molar-refractivity contribution in [3.05, 3.63) is 30.1 Å². The third-order valence-electron chi connectivity index (χ3n) is 3.43. The van der Waals surface area contributed by atoms with Crippen molar-refractivity contribution in [2.75, 3.05) is 26.7 Å². The van der Waals surface area contributed by atoms with E-state index in [2.05, 4.69) is 41.3 Å². The van der Waals surface area contributed by atoms with Crippen molar-refractivity contribution in [1.29, 1.82) is 0 Å². The zero-order valence-electron chi connectivity index (χ0n) is 11.6. The summed E-state index contributed by atoms with van der Waals surface area (Å²) in [6.07, 6.45) is 5.67. The summed E-state index contributed by atoms with van der Waals surface area (Å²) in [5, 5.41) is 3.60. The van der Waals surface area contributed by atoms with Gasteiger partial charge in [0.25, 0.3) is 0 Å². The number of hydrogen-bond acceptors (Lipinski definition) is 3. The lowest BCUT2D eigenvalue weighted by atomic mass is 10.1. The largest absolute Gasteiger partial charge is 0.314 e. The number of pyridine rings is 1. The molecule has 3 nitrogen and oxygen atoms in total. The molecule has 0 radical (unpaired) electrons. The van der Waals surface area contributed by atoms with Crippen LogP contribution in [0.5, 0.6) is 0 Å². The van der Waals surface area contributed by atoms with Gasteiger partial charge in [-0.15, -0.1) is 0 Å². The van der Waals surface area contributed by atoms with Crippen LogP contribution >= 0.6 is 0 Å². The van der Waals surface area contributed by atoms with E-state index in [1.165, 1.54) is 18.5 Å². The highest BCUT2D eigenvalue weighted by Gasteiger charge is 2.20. The third-order valence-corrected chi connectivity index (χ3v) is 3.43. The highest BCUT2D eigenvalue weighted by Crippen LogP contribution is 2.18. The van der Waals surface area contributed by atoms with Crippen molar-refractivity contribution in [2.24, 2.45) is 5.92 Å². The second kappa shape index (κ2) is 6.86. The Morgan fingerprint density at radius 3 is 2.94 bits per heavy atom. The summed E-state index contributed by atoms with van der Waals surface area (Å²) in [6.45, 7) is 5.72. The van der Waals surface area contributed by atoms with Gasteiger partial charge in [-0.05, 0) is 44.5 Å². The molecule has 1 N–H and O–H groups in total. The molecule has 18 heavy (non-hydrogen) atoms. The Bertz CT molecular complexity index is 335. The van der Waals surface area contributed by atoms with E-state index in [1.807, 2.05) is 12.3 Å². The molecule has 2 rings (SSSR count). The lowest BCUT2D eigenvalue weighted by Gasteiger charge is -2.21. The monoisotopic (exact) mass is 247 g/mol. The van der Waals surface area contributed by atoms with E-state index in [4.69, 9.17) is 0 Å². The van der Waals surface area contributed by atoms with Crippen molar-refractivity contribution < 1.29 is 0 Å². The Balaban J connectivity index is 1.60. The van der Waals surface area contributed by atoms with Gasteiger partial charge in [-0.25, -0.2) is 0 Å². The van der Waals surface area contributed by atoms with E-state index in [-0.39, 0.29) is 0 Å². The third kappa shape index (κ3) is 5.15. The fraction of sp³-hybridized carbons (Fsp3) is 0.667. The summed E-state index contributed by atoms with van der Waals surface area (Å²) in [4.78, 5) is 6.77. The number of rotatable bonds is 8. The molecule has 0 aromatic carbocycles. The average molecular weight is 247 g/mol. The summed E-state index contributed by atoms with van der Waals surface area (Å²) in [6, 6.07) is 6.96. The van der Waals surface area contributed by atoms with Gasteiger partial charge >= 0.3 is 0 Å². The van der Waals surface area contributed by atoms with Crippen LogP contribution in [-0.4, -0.2) is 42.6 Å². The molecule has 1 aromatic rings. The molecule has 1 unspecified atom stereocenters. The average Bonchev–Trinajstić information content (AvgIpc) is 3.19. The van der Waals surface area contributed by atoms with Crippen LogP contribution in [0, 0.1) is 5.92 Å².